The van der Waals surface area contributed by atoms with E-state index in [0.29, 0.717) is 0 Å². The summed E-state index contributed by atoms with van der Waals surface area (Å²) in [5.74, 6) is 0. The first-order valence-electron chi connectivity index (χ1n) is 16.1. The summed E-state index contributed by atoms with van der Waals surface area (Å²) < 4.78 is 5.42. The van der Waals surface area contributed by atoms with Crippen LogP contribution in [0.4, 0.5) is 0 Å². The van der Waals surface area contributed by atoms with Gasteiger partial charge in [0.2, 0.25) is 0 Å². The molecule has 0 amide bonds. The van der Waals surface area contributed by atoms with E-state index in [-0.39, 0.29) is 0 Å². The quantitative estimate of drug-likeness (QED) is 0.190. The molecule has 10 rings (SSSR count). The molecule has 0 radical (unpaired) electrons. The molecule has 0 aliphatic heterocycles. The molecule has 48 heavy (non-hydrogen) atoms. The number of para-hydroxylation sites is 2. The summed E-state index contributed by atoms with van der Waals surface area (Å²) in [6, 6.07) is 56.5. The molecule has 224 valence electrons. The van der Waals surface area contributed by atoms with Crippen molar-refractivity contribution in [3.8, 4) is 44.8 Å². The molecule has 4 heterocycles. The minimum atomic E-state index is 1.000. The van der Waals surface area contributed by atoms with E-state index in [0.717, 1.165) is 44.3 Å². The maximum absolute atomic E-state index is 4.88. The lowest BCUT2D eigenvalue weighted by molar-refractivity contribution is 1.40. The molecule has 0 spiro atoms. The number of pyridine rings is 2. The van der Waals surface area contributed by atoms with Gasteiger partial charge >= 0.3 is 0 Å². The van der Waals surface area contributed by atoms with Crippen molar-refractivity contribution < 1.29 is 0 Å². The van der Waals surface area contributed by atoms with Gasteiger partial charge in [0, 0.05) is 42.1 Å². The van der Waals surface area contributed by atoms with Crippen molar-refractivity contribution in [1.29, 1.82) is 0 Å². The van der Waals surface area contributed by atoms with E-state index in [1.54, 1.807) is 0 Å². The Hall–Kier alpha value is -5.68. The molecule has 0 saturated carbocycles. The number of hydrogen-bond donors (Lipinski definition) is 0. The first-order valence-corrected chi connectivity index (χ1v) is 17.7. The van der Waals surface area contributed by atoms with E-state index in [1.165, 1.54) is 51.8 Å². The average Bonchev–Trinajstić information content (AvgIpc) is 3.70. The van der Waals surface area contributed by atoms with Crippen molar-refractivity contribution >= 4 is 74.1 Å². The Morgan fingerprint density at radius 1 is 0.333 bits per heavy atom. The van der Waals surface area contributed by atoms with Gasteiger partial charge in [0.1, 0.15) is 0 Å². The van der Waals surface area contributed by atoms with E-state index in [4.69, 9.17) is 9.97 Å². The summed E-state index contributed by atoms with van der Waals surface area (Å²) in [6.45, 7) is 0. The molecule has 4 heteroatoms. The zero-order valence-electron chi connectivity index (χ0n) is 25.7. The average molecular weight is 647 g/mol. The summed E-state index contributed by atoms with van der Waals surface area (Å²) in [5.41, 5.74) is 11.2. The molecule has 0 unspecified atom stereocenters. The molecule has 10 aromatic rings. The van der Waals surface area contributed by atoms with Crippen molar-refractivity contribution in [2.45, 2.75) is 0 Å². The number of aromatic nitrogens is 2. The lowest BCUT2D eigenvalue weighted by Gasteiger charge is -2.06. The number of nitrogens with zero attached hydrogens (tertiary/aromatic N) is 2. The van der Waals surface area contributed by atoms with Gasteiger partial charge in [-0.25, -0.2) is 9.97 Å². The number of rotatable bonds is 4. The molecule has 6 aromatic carbocycles. The first-order chi connectivity index (χ1) is 23.7. The molecule has 0 atom stereocenters. The second-order valence-electron chi connectivity index (χ2n) is 12.2. The van der Waals surface area contributed by atoms with Crippen LogP contribution in [-0.4, -0.2) is 9.97 Å². The first kappa shape index (κ1) is 27.4. The molecule has 0 N–H and O–H groups in total. The topological polar surface area (TPSA) is 25.8 Å². The van der Waals surface area contributed by atoms with Crippen LogP contribution in [0.15, 0.2) is 158 Å². The van der Waals surface area contributed by atoms with Crippen LogP contribution in [-0.2, 0) is 0 Å². The summed E-state index contributed by atoms with van der Waals surface area (Å²) in [6.07, 6.45) is 0. The summed E-state index contributed by atoms with van der Waals surface area (Å²) in [4.78, 5) is 9.76. The highest BCUT2D eigenvalue weighted by Crippen LogP contribution is 2.46. The maximum atomic E-state index is 4.88. The monoisotopic (exact) mass is 646 g/mol. The van der Waals surface area contributed by atoms with E-state index >= 15 is 0 Å². The van der Waals surface area contributed by atoms with Gasteiger partial charge in [0.25, 0.3) is 0 Å². The van der Waals surface area contributed by atoms with Crippen molar-refractivity contribution in [2.24, 2.45) is 0 Å². The van der Waals surface area contributed by atoms with Gasteiger partial charge in [-0.15, -0.1) is 22.7 Å². The van der Waals surface area contributed by atoms with E-state index in [2.05, 4.69) is 146 Å². The van der Waals surface area contributed by atoms with Crippen LogP contribution < -0.4 is 0 Å². The molecule has 0 saturated heterocycles. The van der Waals surface area contributed by atoms with Gasteiger partial charge in [0.15, 0.2) is 0 Å². The largest absolute Gasteiger partial charge is 0.248 e. The third kappa shape index (κ3) is 4.61. The SMILES string of the molecule is c1ccc2nc(-c3ccc(-c4ccc5c(c4)sc4c6ccc(-c7ccc(-c8ccc9ccccc9n8)cc7)cc6sc54)cc3)ccc2c1. The van der Waals surface area contributed by atoms with Gasteiger partial charge in [-0.3, -0.25) is 0 Å². The molecule has 2 nitrogen and oxygen atoms in total. The van der Waals surface area contributed by atoms with Crippen molar-refractivity contribution in [1.82, 2.24) is 9.97 Å². The maximum Gasteiger partial charge on any atom is 0.0709 e. The van der Waals surface area contributed by atoms with E-state index in [1.807, 2.05) is 34.8 Å². The van der Waals surface area contributed by atoms with Crippen LogP contribution in [0.3, 0.4) is 0 Å². The number of thiophene rings is 2. The molecule has 0 bridgehead atoms. The minimum absolute atomic E-state index is 1.000. The fraction of sp³-hybridized carbons (Fsp3) is 0. The normalized spacial score (nSPS) is 11.8. The summed E-state index contributed by atoms with van der Waals surface area (Å²) in [7, 11) is 0. The molecule has 0 aliphatic rings. The molecule has 4 aromatic heterocycles. The number of benzene rings is 6. The highest BCUT2D eigenvalue weighted by molar-refractivity contribution is 7.36. The Morgan fingerprint density at radius 2 is 0.729 bits per heavy atom. The van der Waals surface area contributed by atoms with Gasteiger partial charge in [0.05, 0.1) is 31.8 Å². The smallest absolute Gasteiger partial charge is 0.0709 e. The molecule has 0 fully saturated rings. The van der Waals surface area contributed by atoms with Gasteiger partial charge in [-0.05, 0) is 58.7 Å². The number of fused-ring (bicyclic) bond motifs is 7. The van der Waals surface area contributed by atoms with Crippen LogP contribution in [0.2, 0.25) is 0 Å². The predicted octanol–water partition coefficient (Wildman–Crippen LogP) is 13.0. The predicted molar refractivity (Wildman–Crippen MR) is 207 cm³/mol. The lowest BCUT2D eigenvalue weighted by atomic mass is 10.0. The van der Waals surface area contributed by atoms with Crippen LogP contribution in [0.25, 0.3) is 96.1 Å². The fourth-order valence-electron chi connectivity index (χ4n) is 6.74. The van der Waals surface area contributed by atoms with Crippen LogP contribution in [0.1, 0.15) is 0 Å². The van der Waals surface area contributed by atoms with E-state index in [9.17, 15) is 0 Å². The second-order valence-corrected chi connectivity index (χ2v) is 14.3. The molecular weight excluding hydrogens is 621 g/mol. The summed E-state index contributed by atoms with van der Waals surface area (Å²) in [5, 5.41) is 5.00. The zero-order chi connectivity index (χ0) is 31.6. The highest BCUT2D eigenvalue weighted by Gasteiger charge is 2.14. The van der Waals surface area contributed by atoms with Gasteiger partial charge < -0.3 is 0 Å². The number of hydrogen-bond acceptors (Lipinski definition) is 4. The Labute approximate surface area is 285 Å². The third-order valence-corrected chi connectivity index (χ3v) is 11.8. The van der Waals surface area contributed by atoms with E-state index < -0.39 is 0 Å². The zero-order valence-corrected chi connectivity index (χ0v) is 27.4. The Balaban J connectivity index is 0.938. The standard InChI is InChI=1S/C44H26N2S2/c1-3-7-37-29(5-1)19-23-39(45-37)31-13-9-27(10-14-31)33-17-21-35-41(25-33)47-44-36-22-18-34(26-42(36)48-43(35)44)28-11-15-32(16-12-28)40-24-20-30-6-2-4-8-38(30)46-40/h1-26H. The Bertz CT molecular complexity index is 2630. The third-order valence-electron chi connectivity index (χ3n) is 9.31. The van der Waals surface area contributed by atoms with Crippen LogP contribution >= 0.6 is 22.7 Å². The highest BCUT2D eigenvalue weighted by atomic mass is 32.1. The van der Waals surface area contributed by atoms with Crippen LogP contribution in [0.5, 0.6) is 0 Å². The lowest BCUT2D eigenvalue weighted by Crippen LogP contribution is -1.85. The van der Waals surface area contributed by atoms with Crippen molar-refractivity contribution in [3.63, 3.8) is 0 Å². The Morgan fingerprint density at radius 3 is 1.19 bits per heavy atom. The molecular formula is C44H26N2S2. The minimum Gasteiger partial charge on any atom is -0.248 e. The van der Waals surface area contributed by atoms with Crippen molar-refractivity contribution in [2.75, 3.05) is 0 Å². The van der Waals surface area contributed by atoms with Gasteiger partial charge in [-0.2, -0.15) is 0 Å². The fourth-order valence-corrected chi connectivity index (χ4v) is 9.47. The second kappa shape index (κ2) is 11.0. The Kier molecular flexibility index (Phi) is 6.26. The summed E-state index contributed by atoms with van der Waals surface area (Å²) >= 11 is 3.81. The molecule has 0 aliphatic carbocycles. The van der Waals surface area contributed by atoms with Gasteiger partial charge in [-0.1, -0.05) is 121 Å². The van der Waals surface area contributed by atoms with Crippen LogP contribution in [0, 0.1) is 0 Å². The van der Waals surface area contributed by atoms with Crippen molar-refractivity contribution in [3.05, 3.63) is 158 Å².